The third-order valence-electron chi connectivity index (χ3n) is 2.81. The Kier molecular flexibility index (Phi) is 5.59. The summed E-state index contributed by atoms with van der Waals surface area (Å²) in [5, 5.41) is 9.05. The Morgan fingerprint density at radius 2 is 1.80 bits per heavy atom. The van der Waals surface area contributed by atoms with Crippen LogP contribution >= 0.6 is 0 Å². The highest BCUT2D eigenvalue weighted by molar-refractivity contribution is 7.91. The number of aliphatic hydroxyl groups is 1. The smallest absolute Gasteiger partial charge is 0.393 e. The van der Waals surface area contributed by atoms with E-state index in [-0.39, 0.29) is 12.2 Å². The van der Waals surface area contributed by atoms with Gasteiger partial charge in [0.2, 0.25) is 0 Å². The molecule has 0 amide bonds. The van der Waals surface area contributed by atoms with E-state index in [1.807, 2.05) is 0 Å². The second-order valence-electron chi connectivity index (χ2n) is 4.66. The first kappa shape index (κ1) is 17.0. The minimum atomic E-state index is -4.69. The minimum absolute atomic E-state index is 0.222. The van der Waals surface area contributed by atoms with Crippen LogP contribution in [0.25, 0.3) is 0 Å². The number of unbranched alkanes of at least 4 members (excludes halogenated alkanes) is 1. The van der Waals surface area contributed by atoms with Gasteiger partial charge in [-0.1, -0.05) is 12.1 Å². The van der Waals surface area contributed by atoms with Crippen molar-refractivity contribution in [1.82, 2.24) is 0 Å². The highest BCUT2D eigenvalue weighted by Crippen LogP contribution is 2.34. The Balaban J connectivity index is 2.88. The van der Waals surface area contributed by atoms with Gasteiger partial charge >= 0.3 is 6.18 Å². The number of benzene rings is 1. The molecular weight excluding hydrogens is 293 g/mol. The number of alkyl halides is 3. The van der Waals surface area contributed by atoms with E-state index in [0.717, 1.165) is 18.2 Å². The first-order chi connectivity index (χ1) is 9.14. The van der Waals surface area contributed by atoms with Gasteiger partial charge in [0.15, 0.2) is 9.84 Å². The molecule has 0 aliphatic carbocycles. The fourth-order valence-electron chi connectivity index (χ4n) is 1.81. The highest BCUT2D eigenvalue weighted by atomic mass is 32.2. The molecule has 7 heteroatoms. The summed E-state index contributed by atoms with van der Waals surface area (Å²) >= 11 is 0. The van der Waals surface area contributed by atoms with E-state index in [4.69, 9.17) is 5.11 Å². The summed E-state index contributed by atoms with van der Waals surface area (Å²) in [6.07, 6.45) is -4.13. The van der Waals surface area contributed by atoms with Crippen molar-refractivity contribution < 1.29 is 26.7 Å². The maximum Gasteiger partial charge on any atom is 0.417 e. The summed E-state index contributed by atoms with van der Waals surface area (Å²) in [5.74, 6) is -0.354. The Hall–Kier alpha value is -1.08. The largest absolute Gasteiger partial charge is 0.417 e. The zero-order valence-electron chi connectivity index (χ0n) is 11.0. The van der Waals surface area contributed by atoms with Crippen molar-refractivity contribution in [3.05, 3.63) is 29.8 Å². The van der Waals surface area contributed by atoms with Gasteiger partial charge in [0.1, 0.15) is 0 Å². The Labute approximate surface area is 116 Å². The van der Waals surface area contributed by atoms with Crippen molar-refractivity contribution in [3.63, 3.8) is 0 Å². The predicted molar refractivity (Wildman–Crippen MR) is 69.0 cm³/mol. The molecule has 0 aliphatic rings. The Morgan fingerprint density at radius 1 is 1.20 bits per heavy atom. The van der Waals surface area contributed by atoms with Crippen molar-refractivity contribution in [2.24, 2.45) is 0 Å². The van der Waals surface area contributed by atoms with E-state index in [1.54, 1.807) is 6.92 Å². The van der Waals surface area contributed by atoms with E-state index in [1.165, 1.54) is 6.07 Å². The third-order valence-corrected chi connectivity index (χ3v) is 4.66. The molecular formula is C13H17F3O3S. The fraction of sp³-hybridized carbons (Fsp3) is 0.538. The number of rotatable bonds is 6. The maximum atomic E-state index is 12.8. The fourth-order valence-corrected chi connectivity index (χ4v) is 3.42. The van der Waals surface area contributed by atoms with Crippen molar-refractivity contribution in [1.29, 1.82) is 0 Å². The minimum Gasteiger partial charge on any atom is -0.393 e. The molecule has 0 heterocycles. The van der Waals surface area contributed by atoms with Crippen LogP contribution in [0.5, 0.6) is 0 Å². The van der Waals surface area contributed by atoms with Crippen LogP contribution in [0, 0.1) is 0 Å². The molecule has 3 nitrogen and oxygen atoms in total. The van der Waals surface area contributed by atoms with E-state index >= 15 is 0 Å². The van der Waals surface area contributed by atoms with Crippen LogP contribution in [0.3, 0.4) is 0 Å². The SMILES string of the molecule is CC(O)CCCCS(=O)(=O)c1ccccc1C(F)(F)F. The highest BCUT2D eigenvalue weighted by Gasteiger charge is 2.36. The summed E-state index contributed by atoms with van der Waals surface area (Å²) in [5.41, 5.74) is -1.13. The Bertz CT molecular complexity index is 536. The zero-order chi connectivity index (χ0) is 15.4. The molecule has 0 saturated heterocycles. The lowest BCUT2D eigenvalue weighted by Gasteiger charge is -2.13. The standard InChI is InChI=1S/C13H17F3O3S/c1-10(17)6-4-5-9-20(18,19)12-8-3-2-7-11(12)13(14,15)16/h2-3,7-8,10,17H,4-6,9H2,1H3. The zero-order valence-corrected chi connectivity index (χ0v) is 11.8. The van der Waals surface area contributed by atoms with Crippen LogP contribution in [-0.2, 0) is 16.0 Å². The number of halogens is 3. The molecule has 20 heavy (non-hydrogen) atoms. The molecule has 0 fully saturated rings. The van der Waals surface area contributed by atoms with Crippen LogP contribution < -0.4 is 0 Å². The van der Waals surface area contributed by atoms with Gasteiger partial charge in [-0.15, -0.1) is 0 Å². The first-order valence-corrected chi connectivity index (χ1v) is 7.87. The molecule has 1 aromatic rings. The molecule has 0 aliphatic heterocycles. The van der Waals surface area contributed by atoms with Gasteiger partial charge in [-0.2, -0.15) is 13.2 Å². The van der Waals surface area contributed by atoms with Gasteiger partial charge in [-0.25, -0.2) is 8.42 Å². The molecule has 114 valence electrons. The van der Waals surface area contributed by atoms with Crippen LogP contribution in [0.15, 0.2) is 29.2 Å². The second kappa shape index (κ2) is 6.58. The van der Waals surface area contributed by atoms with Crippen molar-refractivity contribution in [2.45, 2.75) is 43.4 Å². The molecule has 1 rings (SSSR count). The van der Waals surface area contributed by atoms with E-state index in [0.29, 0.717) is 12.8 Å². The molecule has 1 aromatic carbocycles. The molecule has 1 N–H and O–H groups in total. The second-order valence-corrected chi connectivity index (χ2v) is 6.74. The van der Waals surface area contributed by atoms with Gasteiger partial charge < -0.3 is 5.11 Å². The molecule has 0 saturated carbocycles. The summed E-state index contributed by atoms with van der Waals surface area (Å²) in [7, 11) is -3.97. The maximum absolute atomic E-state index is 12.8. The monoisotopic (exact) mass is 310 g/mol. The van der Waals surface area contributed by atoms with Gasteiger partial charge in [0.05, 0.1) is 22.3 Å². The summed E-state index contributed by atoms with van der Waals surface area (Å²) in [6.45, 7) is 1.58. The molecule has 1 atom stereocenters. The Morgan fingerprint density at radius 3 is 2.35 bits per heavy atom. The topological polar surface area (TPSA) is 54.4 Å². The average molecular weight is 310 g/mol. The van der Waals surface area contributed by atoms with Crippen molar-refractivity contribution in [2.75, 3.05) is 5.75 Å². The lowest BCUT2D eigenvalue weighted by molar-refractivity contribution is -0.139. The van der Waals surface area contributed by atoms with E-state index < -0.39 is 32.6 Å². The van der Waals surface area contributed by atoms with Gasteiger partial charge in [-0.05, 0) is 38.3 Å². The number of aliphatic hydroxyl groups excluding tert-OH is 1. The van der Waals surface area contributed by atoms with Crippen LogP contribution in [0.2, 0.25) is 0 Å². The number of hydrogen-bond acceptors (Lipinski definition) is 3. The van der Waals surface area contributed by atoms with Crippen molar-refractivity contribution >= 4 is 9.84 Å². The number of sulfone groups is 1. The summed E-state index contributed by atoms with van der Waals surface area (Å²) < 4.78 is 62.3. The molecule has 0 aromatic heterocycles. The lowest BCUT2D eigenvalue weighted by atomic mass is 10.2. The number of hydrogen-bond donors (Lipinski definition) is 1. The average Bonchev–Trinajstić information content (AvgIpc) is 2.33. The van der Waals surface area contributed by atoms with Crippen molar-refractivity contribution in [3.8, 4) is 0 Å². The normalized spacial score (nSPS) is 14.2. The van der Waals surface area contributed by atoms with Gasteiger partial charge in [0.25, 0.3) is 0 Å². The van der Waals surface area contributed by atoms with Gasteiger partial charge in [-0.3, -0.25) is 0 Å². The van der Waals surface area contributed by atoms with Crippen LogP contribution in [-0.4, -0.2) is 25.4 Å². The van der Waals surface area contributed by atoms with Gasteiger partial charge in [0, 0.05) is 0 Å². The quantitative estimate of drug-likeness (QED) is 0.822. The molecule has 0 radical (unpaired) electrons. The molecule has 1 unspecified atom stereocenters. The van der Waals surface area contributed by atoms with E-state index in [2.05, 4.69) is 0 Å². The first-order valence-electron chi connectivity index (χ1n) is 6.21. The van der Waals surface area contributed by atoms with E-state index in [9.17, 15) is 21.6 Å². The third kappa shape index (κ3) is 4.79. The predicted octanol–water partition coefficient (Wildman–Crippen LogP) is 3.03. The molecule has 0 spiro atoms. The van der Waals surface area contributed by atoms with Crippen LogP contribution in [0.4, 0.5) is 13.2 Å². The lowest BCUT2D eigenvalue weighted by Crippen LogP contribution is -2.15. The molecule has 0 bridgehead atoms. The summed E-state index contributed by atoms with van der Waals surface area (Å²) in [6, 6.07) is 4.18. The summed E-state index contributed by atoms with van der Waals surface area (Å²) in [4.78, 5) is -0.676. The van der Waals surface area contributed by atoms with Crippen LogP contribution in [0.1, 0.15) is 31.7 Å².